The lowest BCUT2D eigenvalue weighted by Gasteiger charge is -2.19. The Hall–Kier alpha value is -1.06. The number of nitrogens with one attached hydrogen (secondary N) is 1. The number of hydrogen-bond donors (Lipinski definition) is 2. The molecule has 0 fully saturated rings. The normalized spacial score (nSPS) is 15.4. The van der Waals surface area contributed by atoms with Crippen molar-refractivity contribution in [1.29, 1.82) is 0 Å². The van der Waals surface area contributed by atoms with Crippen LogP contribution in [0.5, 0.6) is 5.75 Å². The molecule has 1 unspecified atom stereocenters. The predicted octanol–water partition coefficient (Wildman–Crippen LogP) is 1.98. The van der Waals surface area contributed by atoms with Crippen molar-refractivity contribution in [2.75, 3.05) is 26.2 Å². The number of nitrogens with two attached hydrogens (primary N) is 1. The Bertz CT molecular complexity index is 404. The van der Waals surface area contributed by atoms with Crippen LogP contribution in [0, 0.1) is 11.8 Å². The molecule has 0 saturated heterocycles. The van der Waals surface area contributed by atoms with Gasteiger partial charge in [0.2, 0.25) is 0 Å². The summed E-state index contributed by atoms with van der Waals surface area (Å²) in [5.41, 5.74) is 8.53. The van der Waals surface area contributed by atoms with Gasteiger partial charge in [-0.3, -0.25) is 0 Å². The van der Waals surface area contributed by atoms with E-state index in [9.17, 15) is 0 Å². The van der Waals surface area contributed by atoms with Crippen molar-refractivity contribution in [2.45, 2.75) is 26.7 Å². The predicted molar refractivity (Wildman–Crippen MR) is 79.6 cm³/mol. The van der Waals surface area contributed by atoms with Crippen molar-refractivity contribution in [3.8, 4) is 5.75 Å². The van der Waals surface area contributed by atoms with Gasteiger partial charge >= 0.3 is 0 Å². The van der Waals surface area contributed by atoms with Crippen LogP contribution in [0.25, 0.3) is 0 Å². The van der Waals surface area contributed by atoms with Crippen LogP contribution in [-0.2, 0) is 12.8 Å². The van der Waals surface area contributed by atoms with Crippen LogP contribution in [0.3, 0.4) is 0 Å². The zero-order valence-electron chi connectivity index (χ0n) is 12.1. The summed E-state index contributed by atoms with van der Waals surface area (Å²) in [6.45, 7) is 8.11. The maximum atomic E-state index is 5.77. The molecule has 106 valence electrons. The van der Waals surface area contributed by atoms with Gasteiger partial charge in [0.05, 0.1) is 6.61 Å². The van der Waals surface area contributed by atoms with E-state index in [0.717, 1.165) is 44.8 Å². The molecule has 3 nitrogen and oxygen atoms in total. The topological polar surface area (TPSA) is 47.3 Å². The van der Waals surface area contributed by atoms with Gasteiger partial charge < -0.3 is 15.8 Å². The molecular weight excluding hydrogens is 236 g/mol. The minimum atomic E-state index is 0.577. The Kier molecular flexibility index (Phi) is 5.23. The molecule has 1 heterocycles. The third-order valence-electron chi connectivity index (χ3n) is 4.00. The summed E-state index contributed by atoms with van der Waals surface area (Å²) in [6, 6.07) is 6.57. The fourth-order valence-corrected chi connectivity index (χ4v) is 2.51. The van der Waals surface area contributed by atoms with Crippen LogP contribution in [0.15, 0.2) is 18.2 Å². The number of ether oxygens (including phenoxy) is 1. The molecule has 0 amide bonds. The molecule has 3 heteroatoms. The lowest BCUT2D eigenvalue weighted by molar-refractivity contribution is 0.357. The molecule has 1 aliphatic heterocycles. The molecule has 1 aliphatic rings. The highest BCUT2D eigenvalue weighted by molar-refractivity contribution is 5.39. The first-order chi connectivity index (χ1) is 9.20. The van der Waals surface area contributed by atoms with E-state index in [2.05, 4.69) is 37.4 Å². The molecule has 0 aliphatic carbocycles. The highest BCUT2D eigenvalue weighted by Crippen LogP contribution is 2.25. The molecule has 1 atom stereocenters. The largest absolute Gasteiger partial charge is 0.493 e. The van der Waals surface area contributed by atoms with Crippen LogP contribution in [0.4, 0.5) is 0 Å². The van der Waals surface area contributed by atoms with E-state index in [-0.39, 0.29) is 0 Å². The van der Waals surface area contributed by atoms with Gasteiger partial charge in [0, 0.05) is 6.42 Å². The molecule has 0 spiro atoms. The first kappa shape index (κ1) is 14.4. The van der Waals surface area contributed by atoms with Crippen molar-refractivity contribution < 1.29 is 4.74 Å². The van der Waals surface area contributed by atoms with Crippen LogP contribution in [0.1, 0.15) is 25.0 Å². The second-order valence-electron chi connectivity index (χ2n) is 5.73. The highest BCUT2D eigenvalue weighted by atomic mass is 16.5. The van der Waals surface area contributed by atoms with Crippen molar-refractivity contribution in [3.63, 3.8) is 0 Å². The van der Waals surface area contributed by atoms with Gasteiger partial charge in [0.25, 0.3) is 0 Å². The van der Waals surface area contributed by atoms with Gasteiger partial charge in [-0.15, -0.1) is 0 Å². The second-order valence-corrected chi connectivity index (χ2v) is 5.73. The Morgan fingerprint density at radius 3 is 2.95 bits per heavy atom. The van der Waals surface area contributed by atoms with Crippen LogP contribution in [0.2, 0.25) is 0 Å². The number of rotatable bonds is 7. The van der Waals surface area contributed by atoms with Crippen molar-refractivity contribution in [1.82, 2.24) is 5.32 Å². The average Bonchev–Trinajstić information content (AvgIpc) is 2.85. The first-order valence-electron chi connectivity index (χ1n) is 7.36. The molecule has 0 radical (unpaired) electrons. The minimum Gasteiger partial charge on any atom is -0.493 e. The SMILES string of the molecule is CC(C)C(CN)CNCCc1ccc2c(c1)CCO2. The van der Waals surface area contributed by atoms with Crippen LogP contribution in [-0.4, -0.2) is 26.2 Å². The molecule has 0 aromatic heterocycles. The van der Waals surface area contributed by atoms with Gasteiger partial charge in [-0.2, -0.15) is 0 Å². The summed E-state index contributed by atoms with van der Waals surface area (Å²) < 4.78 is 5.52. The van der Waals surface area contributed by atoms with E-state index >= 15 is 0 Å². The smallest absolute Gasteiger partial charge is 0.122 e. The lowest BCUT2D eigenvalue weighted by Crippen LogP contribution is -2.32. The Balaban J connectivity index is 1.74. The average molecular weight is 262 g/mol. The zero-order valence-corrected chi connectivity index (χ0v) is 12.1. The summed E-state index contributed by atoms with van der Waals surface area (Å²) in [6.07, 6.45) is 2.13. The first-order valence-corrected chi connectivity index (χ1v) is 7.36. The molecular formula is C16H26N2O. The van der Waals surface area contributed by atoms with E-state index in [4.69, 9.17) is 10.5 Å². The van der Waals surface area contributed by atoms with Crippen LogP contribution < -0.4 is 15.8 Å². The van der Waals surface area contributed by atoms with E-state index in [1.54, 1.807) is 0 Å². The quantitative estimate of drug-likeness (QED) is 0.739. The fourth-order valence-electron chi connectivity index (χ4n) is 2.51. The maximum absolute atomic E-state index is 5.77. The maximum Gasteiger partial charge on any atom is 0.122 e. The molecule has 1 aromatic rings. The molecule has 0 bridgehead atoms. The van der Waals surface area contributed by atoms with Gasteiger partial charge in [-0.05, 0) is 55.1 Å². The molecule has 0 saturated carbocycles. The molecule has 3 N–H and O–H groups in total. The van der Waals surface area contributed by atoms with Gasteiger partial charge in [-0.25, -0.2) is 0 Å². The van der Waals surface area contributed by atoms with Crippen molar-refractivity contribution in [3.05, 3.63) is 29.3 Å². The third-order valence-corrected chi connectivity index (χ3v) is 4.00. The molecule has 1 aromatic carbocycles. The van der Waals surface area contributed by atoms with Crippen molar-refractivity contribution in [2.24, 2.45) is 17.6 Å². The summed E-state index contributed by atoms with van der Waals surface area (Å²) in [5, 5.41) is 3.52. The molecule has 2 rings (SSSR count). The Labute approximate surface area is 116 Å². The summed E-state index contributed by atoms with van der Waals surface area (Å²) in [4.78, 5) is 0. The second kappa shape index (κ2) is 6.92. The van der Waals surface area contributed by atoms with Gasteiger partial charge in [0.1, 0.15) is 5.75 Å². The monoisotopic (exact) mass is 262 g/mol. The minimum absolute atomic E-state index is 0.577. The number of fused-ring (bicyclic) bond motifs is 1. The van der Waals surface area contributed by atoms with Gasteiger partial charge in [0.15, 0.2) is 0 Å². The zero-order chi connectivity index (χ0) is 13.7. The standard InChI is InChI=1S/C16H26N2O/c1-12(2)15(10-17)11-18-7-5-13-3-4-16-14(9-13)6-8-19-16/h3-4,9,12,15,18H,5-8,10-11,17H2,1-2H3. The molecule has 19 heavy (non-hydrogen) atoms. The third kappa shape index (κ3) is 3.95. The number of benzene rings is 1. The summed E-state index contributed by atoms with van der Waals surface area (Å²) >= 11 is 0. The number of hydrogen-bond acceptors (Lipinski definition) is 3. The van der Waals surface area contributed by atoms with E-state index in [1.165, 1.54) is 11.1 Å². The fraction of sp³-hybridized carbons (Fsp3) is 0.625. The summed E-state index contributed by atoms with van der Waals surface area (Å²) in [5.74, 6) is 2.29. The van der Waals surface area contributed by atoms with E-state index in [1.807, 2.05) is 0 Å². The van der Waals surface area contributed by atoms with Crippen LogP contribution >= 0.6 is 0 Å². The van der Waals surface area contributed by atoms with E-state index in [0.29, 0.717) is 11.8 Å². The van der Waals surface area contributed by atoms with E-state index < -0.39 is 0 Å². The highest BCUT2D eigenvalue weighted by Gasteiger charge is 2.12. The summed E-state index contributed by atoms with van der Waals surface area (Å²) in [7, 11) is 0. The van der Waals surface area contributed by atoms with Gasteiger partial charge in [-0.1, -0.05) is 26.0 Å². The van der Waals surface area contributed by atoms with Crippen molar-refractivity contribution >= 4 is 0 Å². The lowest BCUT2D eigenvalue weighted by atomic mass is 9.96. The Morgan fingerprint density at radius 2 is 2.21 bits per heavy atom. The Morgan fingerprint density at radius 1 is 1.37 bits per heavy atom.